The lowest BCUT2D eigenvalue weighted by Crippen LogP contribution is -2.36. The van der Waals surface area contributed by atoms with E-state index in [1.54, 1.807) is 0 Å². The Morgan fingerprint density at radius 1 is 1.16 bits per heavy atom. The topological polar surface area (TPSA) is 41.6 Å². The predicted molar refractivity (Wildman–Crippen MR) is 102 cm³/mol. The molecule has 4 nitrogen and oxygen atoms in total. The summed E-state index contributed by atoms with van der Waals surface area (Å²) in [6.45, 7) is 2.53. The Bertz CT molecular complexity index is 651. The molecule has 2 unspecified atom stereocenters. The highest BCUT2D eigenvalue weighted by atomic mass is 35.5. The van der Waals surface area contributed by atoms with Crippen LogP contribution in [-0.2, 0) is 4.79 Å². The van der Waals surface area contributed by atoms with Gasteiger partial charge in [0.1, 0.15) is 5.75 Å². The van der Waals surface area contributed by atoms with Crippen LogP contribution in [0.25, 0.3) is 0 Å². The second-order valence-electron chi connectivity index (χ2n) is 6.22. The molecule has 2 aromatic rings. The van der Waals surface area contributed by atoms with Crippen LogP contribution >= 0.6 is 12.4 Å². The Hall–Kier alpha value is -2.04. The number of carbonyl (C=O) groups excluding carboxylic acids is 1. The molecule has 1 fully saturated rings. The first-order valence-corrected chi connectivity index (χ1v) is 8.48. The third-order valence-corrected chi connectivity index (χ3v) is 4.41. The molecule has 1 saturated heterocycles. The largest absolute Gasteiger partial charge is 0.476 e. The van der Waals surface area contributed by atoms with E-state index in [0.717, 1.165) is 31.6 Å². The number of halogens is 1. The number of rotatable bonds is 6. The Balaban J connectivity index is 0.00000225. The van der Waals surface area contributed by atoms with Crippen molar-refractivity contribution in [3.63, 3.8) is 0 Å². The second kappa shape index (κ2) is 9.44. The van der Waals surface area contributed by atoms with Crippen LogP contribution in [0.2, 0.25) is 0 Å². The van der Waals surface area contributed by atoms with Gasteiger partial charge in [-0.05, 0) is 38.1 Å². The van der Waals surface area contributed by atoms with Crippen molar-refractivity contribution in [2.75, 3.05) is 26.7 Å². The van der Waals surface area contributed by atoms with Crippen molar-refractivity contribution in [2.45, 2.75) is 12.5 Å². The van der Waals surface area contributed by atoms with E-state index in [1.807, 2.05) is 72.6 Å². The quantitative estimate of drug-likeness (QED) is 0.859. The number of nitrogens with one attached hydrogen (secondary N) is 1. The van der Waals surface area contributed by atoms with Gasteiger partial charge in [-0.25, -0.2) is 0 Å². The molecule has 0 aliphatic carbocycles. The van der Waals surface area contributed by atoms with Crippen LogP contribution in [0.4, 0.5) is 0 Å². The Labute approximate surface area is 155 Å². The summed E-state index contributed by atoms with van der Waals surface area (Å²) in [5, 5.41) is 3.20. The molecule has 0 radical (unpaired) electrons. The van der Waals surface area contributed by atoms with E-state index in [4.69, 9.17) is 4.74 Å². The number of hydrogen-bond acceptors (Lipinski definition) is 3. The number of nitrogens with zero attached hydrogens (tertiary/aromatic N) is 1. The highest BCUT2D eigenvalue weighted by Gasteiger charge is 2.32. The molecule has 3 rings (SSSR count). The van der Waals surface area contributed by atoms with E-state index in [9.17, 15) is 4.79 Å². The van der Waals surface area contributed by atoms with E-state index in [2.05, 4.69) is 5.32 Å². The van der Waals surface area contributed by atoms with Crippen molar-refractivity contribution in [1.82, 2.24) is 10.2 Å². The molecule has 1 aliphatic rings. The number of amides is 1. The van der Waals surface area contributed by atoms with Crippen molar-refractivity contribution in [3.8, 4) is 5.75 Å². The van der Waals surface area contributed by atoms with Crippen LogP contribution in [0, 0.1) is 5.92 Å². The average Bonchev–Trinajstić information content (AvgIpc) is 3.10. The molecule has 0 bridgehead atoms. The van der Waals surface area contributed by atoms with Crippen LogP contribution in [0.5, 0.6) is 5.75 Å². The van der Waals surface area contributed by atoms with Gasteiger partial charge in [-0.15, -0.1) is 12.4 Å². The van der Waals surface area contributed by atoms with Gasteiger partial charge >= 0.3 is 0 Å². The molecule has 0 spiro atoms. The number of para-hydroxylation sites is 1. The van der Waals surface area contributed by atoms with E-state index in [0.29, 0.717) is 11.7 Å². The van der Waals surface area contributed by atoms with E-state index in [1.165, 1.54) is 0 Å². The van der Waals surface area contributed by atoms with Crippen molar-refractivity contribution in [2.24, 2.45) is 5.92 Å². The zero-order valence-electron chi connectivity index (χ0n) is 14.4. The molecule has 0 aromatic heterocycles. The molecule has 25 heavy (non-hydrogen) atoms. The third-order valence-electron chi connectivity index (χ3n) is 4.41. The fraction of sp³-hybridized carbons (Fsp3) is 0.350. The predicted octanol–water partition coefficient (Wildman–Crippen LogP) is 3.30. The lowest BCUT2D eigenvalue weighted by molar-refractivity contribution is -0.138. The molecule has 0 saturated carbocycles. The first-order chi connectivity index (χ1) is 11.8. The number of hydrogen-bond donors (Lipinski definition) is 1. The van der Waals surface area contributed by atoms with Gasteiger partial charge in [0.15, 0.2) is 0 Å². The fourth-order valence-corrected chi connectivity index (χ4v) is 3.18. The molecule has 5 heteroatoms. The monoisotopic (exact) mass is 360 g/mol. The summed E-state index contributed by atoms with van der Waals surface area (Å²) in [7, 11) is 1.95. The standard InChI is InChI=1S/C20H24N2O2.ClH/c1-21-14-16-12-13-22(15-16)20(23)19(17-8-4-2-5-9-17)24-18-10-6-3-7-11-18;/h2-11,16,19,21H,12-15H2,1H3;1H. The number of ether oxygens (including phenoxy) is 1. The summed E-state index contributed by atoms with van der Waals surface area (Å²) in [5.74, 6) is 1.28. The zero-order valence-corrected chi connectivity index (χ0v) is 15.2. The van der Waals surface area contributed by atoms with Gasteiger partial charge in [0.2, 0.25) is 6.10 Å². The Kier molecular flexibility index (Phi) is 7.29. The van der Waals surface area contributed by atoms with Crippen LogP contribution in [-0.4, -0.2) is 37.5 Å². The molecule has 2 atom stereocenters. The summed E-state index contributed by atoms with van der Waals surface area (Å²) < 4.78 is 6.06. The fourth-order valence-electron chi connectivity index (χ4n) is 3.18. The van der Waals surface area contributed by atoms with Crippen LogP contribution < -0.4 is 10.1 Å². The minimum atomic E-state index is -0.595. The van der Waals surface area contributed by atoms with E-state index < -0.39 is 6.10 Å². The van der Waals surface area contributed by atoms with Crippen molar-refractivity contribution >= 4 is 18.3 Å². The SMILES string of the molecule is CNCC1CCN(C(=O)C(Oc2ccccc2)c2ccccc2)C1.Cl. The molecule has 1 aliphatic heterocycles. The van der Waals surface area contributed by atoms with Crippen molar-refractivity contribution in [3.05, 3.63) is 66.2 Å². The number of likely N-dealkylation sites (tertiary alicyclic amines) is 1. The molecule has 1 heterocycles. The molecular formula is C20H25ClN2O2. The van der Waals surface area contributed by atoms with Crippen LogP contribution in [0.1, 0.15) is 18.1 Å². The van der Waals surface area contributed by atoms with Crippen LogP contribution in [0.3, 0.4) is 0 Å². The van der Waals surface area contributed by atoms with Crippen molar-refractivity contribution in [1.29, 1.82) is 0 Å². The summed E-state index contributed by atoms with van der Waals surface area (Å²) in [6.07, 6.45) is 0.446. The lowest BCUT2D eigenvalue weighted by Gasteiger charge is -2.25. The maximum absolute atomic E-state index is 13.1. The molecule has 134 valence electrons. The summed E-state index contributed by atoms with van der Waals surface area (Å²) in [5.41, 5.74) is 0.892. The van der Waals surface area contributed by atoms with Gasteiger partial charge in [-0.2, -0.15) is 0 Å². The third kappa shape index (κ3) is 4.97. The molecule has 1 N–H and O–H groups in total. The Morgan fingerprint density at radius 3 is 2.44 bits per heavy atom. The van der Waals surface area contributed by atoms with E-state index >= 15 is 0 Å². The zero-order chi connectivity index (χ0) is 16.8. The molecule has 2 aromatic carbocycles. The minimum Gasteiger partial charge on any atom is -0.476 e. The van der Waals surface area contributed by atoms with E-state index in [-0.39, 0.29) is 18.3 Å². The highest BCUT2D eigenvalue weighted by Crippen LogP contribution is 2.26. The van der Waals surface area contributed by atoms with Crippen molar-refractivity contribution < 1.29 is 9.53 Å². The minimum absolute atomic E-state index is 0. The molecular weight excluding hydrogens is 336 g/mol. The van der Waals surface area contributed by atoms with Crippen LogP contribution in [0.15, 0.2) is 60.7 Å². The average molecular weight is 361 g/mol. The van der Waals surface area contributed by atoms with Gasteiger partial charge < -0.3 is 15.0 Å². The van der Waals surface area contributed by atoms with Gasteiger partial charge in [0, 0.05) is 18.7 Å². The highest BCUT2D eigenvalue weighted by molar-refractivity contribution is 5.85. The maximum atomic E-state index is 13.1. The first-order valence-electron chi connectivity index (χ1n) is 8.48. The van der Waals surface area contributed by atoms with Gasteiger partial charge in [-0.3, -0.25) is 4.79 Å². The van der Waals surface area contributed by atoms with Gasteiger partial charge in [0.05, 0.1) is 0 Å². The summed E-state index contributed by atoms with van der Waals surface area (Å²) >= 11 is 0. The first kappa shape index (κ1) is 19.3. The summed E-state index contributed by atoms with van der Waals surface area (Å²) in [4.78, 5) is 15.0. The molecule has 1 amide bonds. The van der Waals surface area contributed by atoms with Gasteiger partial charge in [-0.1, -0.05) is 48.5 Å². The number of benzene rings is 2. The number of carbonyl (C=O) groups is 1. The second-order valence-corrected chi connectivity index (χ2v) is 6.22. The Morgan fingerprint density at radius 2 is 1.80 bits per heavy atom. The lowest BCUT2D eigenvalue weighted by atomic mass is 10.1. The summed E-state index contributed by atoms with van der Waals surface area (Å²) in [6, 6.07) is 19.3. The van der Waals surface area contributed by atoms with Gasteiger partial charge in [0.25, 0.3) is 5.91 Å². The maximum Gasteiger partial charge on any atom is 0.268 e. The normalized spacial score (nSPS) is 17.6. The smallest absolute Gasteiger partial charge is 0.268 e.